The van der Waals surface area contributed by atoms with Crippen LogP contribution in [-0.4, -0.2) is 8.42 Å². The maximum Gasteiger partial charge on any atom is 0.261 e. The van der Waals surface area contributed by atoms with Crippen LogP contribution in [0.1, 0.15) is 25.3 Å². The Kier molecular flexibility index (Phi) is 3.99. The summed E-state index contributed by atoms with van der Waals surface area (Å²) in [5, 5.41) is 0. The molecule has 2 aromatic carbocycles. The number of sulfonamides is 1. The van der Waals surface area contributed by atoms with Gasteiger partial charge in [0.05, 0.1) is 16.3 Å². The van der Waals surface area contributed by atoms with Crippen LogP contribution in [-0.2, 0) is 10.0 Å². The van der Waals surface area contributed by atoms with E-state index in [-0.39, 0.29) is 4.90 Å². The summed E-state index contributed by atoms with van der Waals surface area (Å²) in [7, 11) is -3.61. The molecule has 0 radical (unpaired) electrons. The highest BCUT2D eigenvalue weighted by atomic mass is 32.2. The number of nitrogens with two attached hydrogens (primary N) is 1. The predicted octanol–water partition coefficient (Wildman–Crippen LogP) is 3.19. The highest BCUT2D eigenvalue weighted by molar-refractivity contribution is 7.92. The monoisotopic (exact) mass is 290 g/mol. The van der Waals surface area contributed by atoms with Crippen LogP contribution in [0.3, 0.4) is 0 Å². The molecule has 0 aliphatic heterocycles. The standard InChI is InChI=1S/C15H18N2O2S/c1-11(2)12-7-9-13(10-8-12)20(18,19)17-15-6-4-3-5-14(15)16/h3-11,17H,16H2,1-2H3. The van der Waals surface area contributed by atoms with Crippen LogP contribution in [0.2, 0.25) is 0 Å². The number of benzene rings is 2. The maximum absolute atomic E-state index is 12.3. The lowest BCUT2D eigenvalue weighted by Gasteiger charge is -2.11. The van der Waals surface area contributed by atoms with Gasteiger partial charge < -0.3 is 5.73 Å². The number of anilines is 2. The minimum atomic E-state index is -3.61. The SMILES string of the molecule is CC(C)c1ccc(S(=O)(=O)Nc2ccccc2N)cc1. The normalized spacial score (nSPS) is 11.6. The van der Waals surface area contributed by atoms with Gasteiger partial charge in [0, 0.05) is 0 Å². The zero-order chi connectivity index (χ0) is 14.8. The zero-order valence-electron chi connectivity index (χ0n) is 11.5. The van der Waals surface area contributed by atoms with Crippen LogP contribution in [0.15, 0.2) is 53.4 Å². The van der Waals surface area contributed by atoms with Crippen molar-refractivity contribution in [3.8, 4) is 0 Å². The molecule has 0 saturated heterocycles. The summed E-state index contributed by atoms with van der Waals surface area (Å²) in [6.45, 7) is 4.12. The Morgan fingerprint density at radius 3 is 2.15 bits per heavy atom. The van der Waals surface area contributed by atoms with Gasteiger partial charge in [-0.15, -0.1) is 0 Å². The molecule has 0 spiro atoms. The topological polar surface area (TPSA) is 72.2 Å². The number of nitrogen functional groups attached to an aromatic ring is 1. The van der Waals surface area contributed by atoms with E-state index in [1.165, 1.54) is 0 Å². The number of hydrogen-bond donors (Lipinski definition) is 2. The third-order valence-electron chi connectivity index (χ3n) is 3.06. The summed E-state index contributed by atoms with van der Waals surface area (Å²) in [5.74, 6) is 0.365. The van der Waals surface area contributed by atoms with Crippen LogP contribution in [0, 0.1) is 0 Å². The van der Waals surface area contributed by atoms with Gasteiger partial charge in [-0.1, -0.05) is 38.1 Å². The fourth-order valence-electron chi connectivity index (χ4n) is 1.83. The molecule has 3 N–H and O–H groups in total. The molecule has 20 heavy (non-hydrogen) atoms. The van der Waals surface area contributed by atoms with E-state index in [1.54, 1.807) is 36.4 Å². The van der Waals surface area contributed by atoms with Crippen molar-refractivity contribution in [2.75, 3.05) is 10.5 Å². The first kappa shape index (κ1) is 14.4. The molecular weight excluding hydrogens is 272 g/mol. The first-order chi connectivity index (χ1) is 9.40. The highest BCUT2D eigenvalue weighted by Crippen LogP contribution is 2.23. The summed E-state index contributed by atoms with van der Waals surface area (Å²) in [6.07, 6.45) is 0. The Morgan fingerprint density at radius 1 is 1.00 bits per heavy atom. The largest absolute Gasteiger partial charge is 0.397 e. The number of nitrogens with one attached hydrogen (secondary N) is 1. The van der Waals surface area contributed by atoms with Gasteiger partial charge in [0.2, 0.25) is 0 Å². The van der Waals surface area contributed by atoms with Crippen LogP contribution < -0.4 is 10.5 Å². The molecule has 106 valence electrons. The van der Waals surface area contributed by atoms with Crippen molar-refractivity contribution in [2.45, 2.75) is 24.7 Å². The molecule has 0 fully saturated rings. The van der Waals surface area contributed by atoms with Gasteiger partial charge in [0.15, 0.2) is 0 Å². The zero-order valence-corrected chi connectivity index (χ0v) is 12.3. The molecule has 0 heterocycles. The van der Waals surface area contributed by atoms with E-state index in [1.807, 2.05) is 12.1 Å². The van der Waals surface area contributed by atoms with Crippen molar-refractivity contribution < 1.29 is 8.42 Å². The summed E-state index contributed by atoms with van der Waals surface area (Å²) < 4.78 is 27.0. The lowest BCUT2D eigenvalue weighted by molar-refractivity contribution is 0.601. The summed E-state index contributed by atoms with van der Waals surface area (Å²) in [5.41, 5.74) is 7.63. The van der Waals surface area contributed by atoms with Gasteiger partial charge >= 0.3 is 0 Å². The molecule has 0 aliphatic carbocycles. The maximum atomic E-state index is 12.3. The lowest BCUT2D eigenvalue weighted by Crippen LogP contribution is -2.14. The fourth-order valence-corrected chi connectivity index (χ4v) is 2.91. The molecule has 0 saturated carbocycles. The van der Waals surface area contributed by atoms with Gasteiger partial charge in [-0.25, -0.2) is 8.42 Å². The summed E-state index contributed by atoms with van der Waals surface area (Å²) in [6, 6.07) is 13.6. The first-order valence-corrected chi connectivity index (χ1v) is 7.86. The Labute approximate surface area is 119 Å². The molecule has 0 unspecified atom stereocenters. The molecule has 0 amide bonds. The van der Waals surface area contributed by atoms with Crippen molar-refractivity contribution in [3.63, 3.8) is 0 Å². The van der Waals surface area contributed by atoms with Crippen LogP contribution >= 0.6 is 0 Å². The van der Waals surface area contributed by atoms with E-state index in [9.17, 15) is 8.42 Å². The number of rotatable bonds is 4. The highest BCUT2D eigenvalue weighted by Gasteiger charge is 2.15. The average Bonchev–Trinajstić information content (AvgIpc) is 2.41. The summed E-state index contributed by atoms with van der Waals surface area (Å²) in [4.78, 5) is 0.227. The Balaban J connectivity index is 2.29. The van der Waals surface area contributed by atoms with Crippen LogP contribution in [0.4, 0.5) is 11.4 Å². The van der Waals surface area contributed by atoms with Gasteiger partial charge in [-0.2, -0.15) is 0 Å². The van der Waals surface area contributed by atoms with Gasteiger partial charge in [-0.3, -0.25) is 4.72 Å². The fraction of sp³-hybridized carbons (Fsp3) is 0.200. The Hall–Kier alpha value is -2.01. The van der Waals surface area contributed by atoms with E-state index in [4.69, 9.17) is 5.73 Å². The van der Waals surface area contributed by atoms with E-state index in [0.29, 0.717) is 17.3 Å². The molecule has 2 rings (SSSR count). The second kappa shape index (κ2) is 5.54. The van der Waals surface area contributed by atoms with E-state index in [2.05, 4.69) is 18.6 Å². The molecule has 2 aromatic rings. The van der Waals surface area contributed by atoms with Crippen molar-refractivity contribution in [1.82, 2.24) is 0 Å². The van der Waals surface area contributed by atoms with Crippen molar-refractivity contribution in [1.29, 1.82) is 0 Å². The Bertz CT molecular complexity index is 692. The van der Waals surface area contributed by atoms with E-state index < -0.39 is 10.0 Å². The van der Waals surface area contributed by atoms with Gasteiger partial charge in [0.1, 0.15) is 0 Å². The van der Waals surface area contributed by atoms with Crippen molar-refractivity contribution in [2.24, 2.45) is 0 Å². The predicted molar refractivity (Wildman–Crippen MR) is 82.2 cm³/mol. The molecular formula is C15H18N2O2S. The van der Waals surface area contributed by atoms with Crippen molar-refractivity contribution >= 4 is 21.4 Å². The molecule has 4 nitrogen and oxygen atoms in total. The molecule has 0 bridgehead atoms. The second-order valence-electron chi connectivity index (χ2n) is 4.92. The average molecular weight is 290 g/mol. The number of para-hydroxylation sites is 2. The second-order valence-corrected chi connectivity index (χ2v) is 6.60. The quantitative estimate of drug-likeness (QED) is 0.849. The Morgan fingerprint density at radius 2 is 1.60 bits per heavy atom. The van der Waals surface area contributed by atoms with Gasteiger partial charge in [0.25, 0.3) is 10.0 Å². The summed E-state index contributed by atoms with van der Waals surface area (Å²) >= 11 is 0. The molecule has 0 aliphatic rings. The van der Waals surface area contributed by atoms with E-state index in [0.717, 1.165) is 5.56 Å². The third-order valence-corrected chi connectivity index (χ3v) is 4.44. The lowest BCUT2D eigenvalue weighted by atomic mass is 10.0. The third kappa shape index (κ3) is 3.11. The smallest absolute Gasteiger partial charge is 0.261 e. The minimum Gasteiger partial charge on any atom is -0.397 e. The molecule has 5 heteroatoms. The first-order valence-electron chi connectivity index (χ1n) is 6.37. The van der Waals surface area contributed by atoms with Crippen LogP contribution in [0.25, 0.3) is 0 Å². The molecule has 0 aromatic heterocycles. The van der Waals surface area contributed by atoms with Crippen molar-refractivity contribution in [3.05, 3.63) is 54.1 Å². The minimum absolute atomic E-state index is 0.227. The van der Waals surface area contributed by atoms with E-state index >= 15 is 0 Å². The van der Waals surface area contributed by atoms with Gasteiger partial charge in [-0.05, 0) is 35.7 Å². The number of hydrogen-bond acceptors (Lipinski definition) is 3. The van der Waals surface area contributed by atoms with Crippen LogP contribution in [0.5, 0.6) is 0 Å². The molecule has 0 atom stereocenters.